The first-order valence-electron chi connectivity index (χ1n) is 12.4. The Bertz CT molecular complexity index is 1120. The van der Waals surface area contributed by atoms with Crippen molar-refractivity contribution in [3.63, 3.8) is 0 Å². The first kappa shape index (κ1) is 30.2. The summed E-state index contributed by atoms with van der Waals surface area (Å²) in [5.74, 6) is -2.61. The van der Waals surface area contributed by atoms with E-state index in [2.05, 4.69) is 25.9 Å². The first-order chi connectivity index (χ1) is 18.2. The van der Waals surface area contributed by atoms with Gasteiger partial charge in [0.05, 0.1) is 12.1 Å². The van der Waals surface area contributed by atoms with Crippen LogP contribution in [-0.2, 0) is 16.0 Å². The quantitative estimate of drug-likeness (QED) is 0.105. The van der Waals surface area contributed by atoms with Gasteiger partial charge in [-0.25, -0.2) is 4.98 Å². The van der Waals surface area contributed by atoms with Crippen LogP contribution in [0.3, 0.4) is 0 Å². The fourth-order valence-corrected chi connectivity index (χ4v) is 3.57. The van der Waals surface area contributed by atoms with E-state index < -0.39 is 36.8 Å². The molecule has 1 heterocycles. The molecule has 2 aromatic rings. The van der Waals surface area contributed by atoms with E-state index in [4.69, 9.17) is 5.26 Å². The van der Waals surface area contributed by atoms with Crippen molar-refractivity contribution in [2.45, 2.75) is 51.5 Å². The minimum atomic E-state index is -1.82. The van der Waals surface area contributed by atoms with Crippen LogP contribution in [0, 0.1) is 17.2 Å². The van der Waals surface area contributed by atoms with E-state index >= 15 is 0 Å². The summed E-state index contributed by atoms with van der Waals surface area (Å²) in [6, 6.07) is 9.92. The van der Waals surface area contributed by atoms with Crippen molar-refractivity contribution < 1.29 is 24.4 Å². The lowest BCUT2D eigenvalue weighted by Crippen LogP contribution is -2.54. The third kappa shape index (κ3) is 10.5. The third-order valence-electron chi connectivity index (χ3n) is 5.47. The Morgan fingerprint density at radius 3 is 2.45 bits per heavy atom. The molecule has 0 unspecified atom stereocenters. The summed E-state index contributed by atoms with van der Waals surface area (Å²) < 4.78 is 0. The highest BCUT2D eigenvalue weighted by Gasteiger charge is 2.29. The summed E-state index contributed by atoms with van der Waals surface area (Å²) in [7, 11) is -1.82. The van der Waals surface area contributed by atoms with Crippen LogP contribution >= 0.6 is 0 Å². The van der Waals surface area contributed by atoms with Gasteiger partial charge in [-0.1, -0.05) is 50.3 Å². The highest BCUT2D eigenvalue weighted by atomic mass is 16.4. The van der Waals surface area contributed by atoms with Crippen molar-refractivity contribution in [2.24, 2.45) is 5.92 Å². The van der Waals surface area contributed by atoms with Gasteiger partial charge in [0.1, 0.15) is 23.4 Å². The molecular weight excluding hydrogens is 487 g/mol. The average Bonchev–Trinajstić information content (AvgIpc) is 2.91. The number of hydrogen-bond donors (Lipinski definition) is 5. The molecule has 11 nitrogen and oxygen atoms in total. The van der Waals surface area contributed by atoms with E-state index in [1.807, 2.05) is 26.0 Å². The predicted octanol–water partition coefficient (Wildman–Crippen LogP) is 0.707. The van der Waals surface area contributed by atoms with Gasteiger partial charge in [0.25, 0.3) is 11.8 Å². The topological polar surface area (TPSA) is 177 Å². The van der Waals surface area contributed by atoms with Gasteiger partial charge >= 0.3 is 7.12 Å². The van der Waals surface area contributed by atoms with Gasteiger partial charge in [-0.15, -0.1) is 0 Å². The predicted molar refractivity (Wildman–Crippen MR) is 141 cm³/mol. The van der Waals surface area contributed by atoms with Crippen LogP contribution in [0.1, 0.15) is 49.2 Å². The maximum Gasteiger partial charge on any atom is 0.475 e. The van der Waals surface area contributed by atoms with Crippen molar-refractivity contribution in [1.82, 2.24) is 25.9 Å². The number of amides is 3. The molecule has 0 aliphatic rings. The number of rotatable bonds is 14. The Balaban J connectivity index is 2.02. The summed E-state index contributed by atoms with van der Waals surface area (Å²) in [5.41, 5.74) is 0.868. The lowest BCUT2D eigenvalue weighted by Gasteiger charge is -2.23. The van der Waals surface area contributed by atoms with Crippen molar-refractivity contribution in [3.8, 4) is 6.07 Å². The number of benzene rings is 1. The van der Waals surface area contributed by atoms with Gasteiger partial charge in [0, 0.05) is 18.9 Å². The monoisotopic (exact) mass is 520 g/mol. The van der Waals surface area contributed by atoms with Crippen LogP contribution in [0.15, 0.2) is 60.6 Å². The SMILES string of the molecule is CC(C)C=C(C#N)C(=O)NCCCC[C@H](NC(=O)c1cnccn1)C(=O)N[C@@H](Cc1ccccc1)B(O)O. The maximum absolute atomic E-state index is 13.1. The molecule has 1 aromatic heterocycles. The van der Waals surface area contributed by atoms with Crippen LogP contribution in [0.5, 0.6) is 0 Å². The Labute approximate surface area is 222 Å². The number of nitriles is 1. The number of aromatic nitrogens is 2. The molecule has 0 spiro atoms. The van der Waals surface area contributed by atoms with E-state index in [0.717, 1.165) is 5.56 Å². The highest BCUT2D eigenvalue weighted by molar-refractivity contribution is 6.43. The van der Waals surface area contributed by atoms with Crippen LogP contribution < -0.4 is 16.0 Å². The van der Waals surface area contributed by atoms with Crippen molar-refractivity contribution in [2.75, 3.05) is 6.54 Å². The van der Waals surface area contributed by atoms with Gasteiger partial charge in [-0.3, -0.25) is 19.4 Å². The molecule has 0 aliphatic heterocycles. The zero-order valence-electron chi connectivity index (χ0n) is 21.5. The number of nitrogens with zero attached hydrogens (tertiary/aromatic N) is 3. The number of hydrogen-bond acceptors (Lipinski definition) is 8. The lowest BCUT2D eigenvalue weighted by molar-refractivity contribution is -0.123. The van der Waals surface area contributed by atoms with E-state index in [9.17, 15) is 24.4 Å². The smallest absolute Gasteiger partial charge is 0.426 e. The molecule has 1 aromatic carbocycles. The number of unbranched alkanes of at least 4 members (excludes halogenated alkanes) is 1. The second kappa shape index (κ2) is 15.9. The molecule has 0 radical (unpaired) electrons. The molecule has 2 rings (SSSR count). The standard InChI is InChI=1S/C26H33BN6O5/c1-18(2)14-20(16-28)24(34)31-11-7-6-10-21(32-26(36)22-17-29-12-13-30-22)25(35)33-23(27(37)38)15-19-8-4-3-5-9-19/h3-5,8-9,12-14,17-18,21,23,37-38H,6-7,10-11,15H2,1-2H3,(H,31,34)(H,32,36)(H,33,35)/t21-,23-/m0/s1. The second-order valence-electron chi connectivity index (χ2n) is 9.02. The van der Waals surface area contributed by atoms with Gasteiger partial charge in [-0.2, -0.15) is 5.26 Å². The normalized spacial score (nSPS) is 12.7. The van der Waals surface area contributed by atoms with Crippen molar-refractivity contribution in [3.05, 3.63) is 71.8 Å². The molecule has 5 N–H and O–H groups in total. The molecule has 38 heavy (non-hydrogen) atoms. The summed E-state index contributed by atoms with van der Waals surface area (Å²) >= 11 is 0. The minimum Gasteiger partial charge on any atom is -0.426 e. The molecule has 3 amide bonds. The van der Waals surface area contributed by atoms with Gasteiger partial charge in [-0.05, 0) is 37.2 Å². The first-order valence-corrected chi connectivity index (χ1v) is 12.4. The molecule has 2 atom stereocenters. The van der Waals surface area contributed by atoms with E-state index in [1.54, 1.807) is 30.3 Å². The van der Waals surface area contributed by atoms with Gasteiger partial charge < -0.3 is 26.0 Å². The fourth-order valence-electron chi connectivity index (χ4n) is 3.57. The number of nitrogens with one attached hydrogen (secondary N) is 3. The second-order valence-corrected chi connectivity index (χ2v) is 9.02. The molecule has 0 bridgehead atoms. The summed E-state index contributed by atoms with van der Waals surface area (Å²) in [4.78, 5) is 45.8. The zero-order chi connectivity index (χ0) is 27.9. The largest absolute Gasteiger partial charge is 0.475 e. The van der Waals surface area contributed by atoms with Crippen molar-refractivity contribution in [1.29, 1.82) is 5.26 Å². The lowest BCUT2D eigenvalue weighted by atomic mass is 9.75. The summed E-state index contributed by atoms with van der Waals surface area (Å²) in [5, 5.41) is 36.8. The Kier molecular flexibility index (Phi) is 12.6. The van der Waals surface area contributed by atoms with Crippen LogP contribution in [0.2, 0.25) is 0 Å². The van der Waals surface area contributed by atoms with Crippen LogP contribution in [0.4, 0.5) is 0 Å². The molecule has 0 aliphatic carbocycles. The van der Waals surface area contributed by atoms with Crippen molar-refractivity contribution >= 4 is 24.8 Å². The Morgan fingerprint density at radius 1 is 1.11 bits per heavy atom. The fraction of sp³-hybridized carbons (Fsp3) is 0.385. The highest BCUT2D eigenvalue weighted by Crippen LogP contribution is 2.08. The van der Waals surface area contributed by atoms with E-state index in [0.29, 0.717) is 12.8 Å². The molecule has 12 heteroatoms. The number of carbonyl (C=O) groups is 3. The van der Waals surface area contributed by atoms with Gasteiger partial charge in [0.2, 0.25) is 5.91 Å². The van der Waals surface area contributed by atoms with E-state index in [1.165, 1.54) is 18.6 Å². The van der Waals surface area contributed by atoms with Crippen LogP contribution in [-0.4, -0.2) is 63.4 Å². The minimum absolute atomic E-state index is 0.0292. The van der Waals surface area contributed by atoms with Crippen LogP contribution in [0.25, 0.3) is 0 Å². The molecular formula is C26H33BN6O5. The Hall–Kier alpha value is -4.08. The maximum atomic E-state index is 13.1. The van der Waals surface area contributed by atoms with E-state index in [-0.39, 0.29) is 36.6 Å². The Morgan fingerprint density at radius 2 is 1.84 bits per heavy atom. The molecule has 200 valence electrons. The third-order valence-corrected chi connectivity index (χ3v) is 5.47. The number of allylic oxidation sites excluding steroid dienone is 1. The summed E-state index contributed by atoms with van der Waals surface area (Å²) in [6.07, 6.45) is 6.93. The molecule has 0 saturated heterocycles. The van der Waals surface area contributed by atoms with Gasteiger partial charge in [0.15, 0.2) is 0 Å². The molecule has 0 fully saturated rings. The average molecular weight is 520 g/mol. The molecule has 0 saturated carbocycles. The summed E-state index contributed by atoms with van der Waals surface area (Å²) in [6.45, 7) is 4.00. The number of carbonyl (C=O) groups excluding carboxylic acids is 3. The zero-order valence-corrected chi connectivity index (χ0v) is 21.5.